The number of hydrogen-bond donors (Lipinski definition) is 1. The molecule has 1 N–H and O–H groups in total. The predicted molar refractivity (Wildman–Crippen MR) is 111 cm³/mol. The number of benzene rings is 1. The molecule has 0 amide bonds. The second-order valence-corrected chi connectivity index (χ2v) is 10.1. The number of Topliss-reactive ketones (excluding diaryl/α,β-unsaturated/α-hetero) is 1. The van der Waals surface area contributed by atoms with Crippen molar-refractivity contribution >= 4 is 11.8 Å². The summed E-state index contributed by atoms with van der Waals surface area (Å²) in [6.07, 6.45) is 0. The highest BCUT2D eigenvalue weighted by Crippen LogP contribution is 2.33. The minimum atomic E-state index is -0.806. The number of nitrogens with zero attached hydrogens (tertiary/aromatic N) is 1. The molecule has 6 heteroatoms. The molecule has 2 rings (SSSR count). The number of ether oxygens (including phenoxy) is 1. The van der Waals surface area contributed by atoms with Gasteiger partial charge in [-0.05, 0) is 32.0 Å². The Labute approximate surface area is 172 Å². The van der Waals surface area contributed by atoms with E-state index in [-0.39, 0.29) is 29.1 Å². The molecular formula is C23H31NO5. The molecule has 2 aromatic rings. The lowest BCUT2D eigenvalue weighted by molar-refractivity contribution is -0.137. The first-order valence-electron chi connectivity index (χ1n) is 9.65. The van der Waals surface area contributed by atoms with Gasteiger partial charge in [-0.25, -0.2) is 4.79 Å². The van der Waals surface area contributed by atoms with Crippen LogP contribution in [-0.4, -0.2) is 28.6 Å². The van der Waals surface area contributed by atoms with E-state index in [0.717, 1.165) is 0 Å². The summed E-state index contributed by atoms with van der Waals surface area (Å²) in [5.41, 5.74) is -0.389. The van der Waals surface area contributed by atoms with Gasteiger partial charge in [-0.15, -0.1) is 0 Å². The summed E-state index contributed by atoms with van der Waals surface area (Å²) in [4.78, 5) is 24.9. The van der Waals surface area contributed by atoms with Crippen molar-refractivity contribution in [2.75, 3.05) is 6.61 Å². The molecule has 0 bridgehead atoms. The number of phenolic OH excluding ortho intramolecular Hbond substituents is 1. The molecule has 0 spiro atoms. The largest absolute Gasteiger partial charge is 0.507 e. The fraction of sp³-hybridized carbons (Fsp3) is 0.522. The van der Waals surface area contributed by atoms with Gasteiger partial charge in [-0.1, -0.05) is 46.7 Å². The summed E-state index contributed by atoms with van der Waals surface area (Å²) in [7, 11) is 0. The fourth-order valence-corrected chi connectivity index (χ4v) is 3.04. The summed E-state index contributed by atoms with van der Waals surface area (Å²) in [6.45, 7) is 15.0. The van der Waals surface area contributed by atoms with Gasteiger partial charge in [0.1, 0.15) is 29.6 Å². The number of phenols is 1. The van der Waals surface area contributed by atoms with E-state index in [1.54, 1.807) is 32.0 Å². The summed E-state index contributed by atoms with van der Waals surface area (Å²) in [5, 5.41) is 14.4. The maximum Gasteiger partial charge on any atom is 0.338 e. The Hall–Kier alpha value is -2.63. The van der Waals surface area contributed by atoms with Crippen LogP contribution in [0.1, 0.15) is 71.5 Å². The molecular weight excluding hydrogens is 370 g/mol. The van der Waals surface area contributed by atoms with E-state index in [1.807, 2.05) is 41.5 Å². The van der Waals surface area contributed by atoms with Crippen LogP contribution in [0.3, 0.4) is 0 Å². The van der Waals surface area contributed by atoms with Crippen LogP contribution in [0.4, 0.5) is 0 Å². The molecule has 6 nitrogen and oxygen atoms in total. The Bertz CT molecular complexity index is 910. The highest BCUT2D eigenvalue weighted by Gasteiger charge is 2.37. The fourth-order valence-electron chi connectivity index (χ4n) is 3.04. The maximum absolute atomic E-state index is 12.5. The topological polar surface area (TPSA) is 89.6 Å². The number of esters is 1. The first-order chi connectivity index (χ1) is 13.1. The lowest BCUT2D eigenvalue weighted by Gasteiger charge is -2.30. The number of rotatable bonds is 5. The van der Waals surface area contributed by atoms with Crippen molar-refractivity contribution in [3.8, 4) is 17.0 Å². The van der Waals surface area contributed by atoms with Crippen LogP contribution in [0.2, 0.25) is 0 Å². The molecule has 0 unspecified atom stereocenters. The second-order valence-electron chi connectivity index (χ2n) is 10.1. The number of aromatic hydroxyl groups is 1. The smallest absolute Gasteiger partial charge is 0.338 e. The summed E-state index contributed by atoms with van der Waals surface area (Å²) >= 11 is 0. The zero-order chi connectivity index (χ0) is 22.2. The molecule has 0 aliphatic carbocycles. The van der Waals surface area contributed by atoms with Crippen molar-refractivity contribution in [1.29, 1.82) is 0 Å². The van der Waals surface area contributed by atoms with Gasteiger partial charge >= 0.3 is 5.97 Å². The van der Waals surface area contributed by atoms with Crippen LogP contribution < -0.4 is 0 Å². The van der Waals surface area contributed by atoms with E-state index in [1.165, 1.54) is 6.07 Å². The van der Waals surface area contributed by atoms with Gasteiger partial charge in [-0.3, -0.25) is 4.79 Å². The number of aromatic nitrogens is 1. The van der Waals surface area contributed by atoms with Crippen LogP contribution in [0.15, 0.2) is 28.8 Å². The van der Waals surface area contributed by atoms with Crippen LogP contribution in [0, 0.1) is 10.8 Å². The lowest BCUT2D eigenvalue weighted by Crippen LogP contribution is -2.38. The van der Waals surface area contributed by atoms with Crippen LogP contribution in [0.5, 0.6) is 5.75 Å². The lowest BCUT2D eigenvalue weighted by atomic mass is 9.75. The third kappa shape index (κ3) is 5.25. The number of hydrogen-bond acceptors (Lipinski definition) is 6. The quantitative estimate of drug-likeness (QED) is 0.698. The monoisotopic (exact) mass is 401 g/mol. The molecule has 29 heavy (non-hydrogen) atoms. The summed E-state index contributed by atoms with van der Waals surface area (Å²) in [5.74, 6) is 0.00761. The van der Waals surface area contributed by atoms with Crippen molar-refractivity contribution in [2.24, 2.45) is 10.8 Å². The first kappa shape index (κ1) is 22.7. The van der Waals surface area contributed by atoms with Gasteiger partial charge < -0.3 is 14.4 Å². The minimum Gasteiger partial charge on any atom is -0.507 e. The van der Waals surface area contributed by atoms with Gasteiger partial charge in [0.15, 0.2) is 0 Å². The van der Waals surface area contributed by atoms with Gasteiger partial charge in [-0.2, -0.15) is 0 Å². The van der Waals surface area contributed by atoms with E-state index in [4.69, 9.17) is 9.26 Å². The van der Waals surface area contributed by atoms with E-state index in [0.29, 0.717) is 17.0 Å². The highest BCUT2D eigenvalue weighted by molar-refractivity contribution is 5.92. The SMILES string of the molecule is CC(C)(C)C(=O)C(C)(C)COC(=O)c1ccc(-c2cc(C(C)(C)C)on2)c(O)c1. The van der Waals surface area contributed by atoms with Crippen LogP contribution in [-0.2, 0) is 14.9 Å². The standard InChI is InChI=1S/C23H31NO5/c1-21(2,3)18-12-16(24-29-18)15-10-9-14(11-17(15)25)19(26)28-13-23(7,8)20(27)22(4,5)6/h9-12,25H,13H2,1-8H3. The van der Waals surface area contributed by atoms with Gasteiger partial charge in [0.25, 0.3) is 0 Å². The molecule has 0 atom stereocenters. The molecule has 158 valence electrons. The molecule has 1 aromatic carbocycles. The van der Waals surface area contributed by atoms with Gasteiger partial charge in [0.2, 0.25) is 0 Å². The van der Waals surface area contributed by atoms with Crippen molar-refractivity contribution in [1.82, 2.24) is 5.16 Å². The molecule has 0 fully saturated rings. The molecule has 1 heterocycles. The number of ketones is 1. The zero-order valence-corrected chi connectivity index (χ0v) is 18.5. The normalized spacial score (nSPS) is 12.7. The Morgan fingerprint density at radius 1 is 1.03 bits per heavy atom. The Kier molecular flexibility index (Phi) is 5.98. The molecule has 0 saturated heterocycles. The minimum absolute atomic E-state index is 0.0108. The average Bonchev–Trinajstić information content (AvgIpc) is 3.08. The van der Waals surface area contributed by atoms with E-state index in [9.17, 15) is 14.7 Å². The van der Waals surface area contributed by atoms with Gasteiger partial charge in [0.05, 0.1) is 11.0 Å². The van der Waals surface area contributed by atoms with Crippen LogP contribution >= 0.6 is 0 Å². The summed E-state index contributed by atoms with van der Waals surface area (Å²) in [6, 6.07) is 6.26. The Balaban J connectivity index is 2.15. The Morgan fingerprint density at radius 3 is 2.14 bits per heavy atom. The van der Waals surface area contributed by atoms with E-state index >= 15 is 0 Å². The maximum atomic E-state index is 12.5. The van der Waals surface area contributed by atoms with Crippen molar-refractivity contribution in [3.63, 3.8) is 0 Å². The Morgan fingerprint density at radius 2 is 1.66 bits per heavy atom. The highest BCUT2D eigenvalue weighted by atomic mass is 16.5. The van der Waals surface area contributed by atoms with Crippen molar-refractivity contribution in [3.05, 3.63) is 35.6 Å². The third-order valence-corrected chi connectivity index (χ3v) is 4.62. The van der Waals surface area contributed by atoms with E-state index < -0.39 is 16.8 Å². The van der Waals surface area contributed by atoms with Gasteiger partial charge in [0, 0.05) is 22.5 Å². The molecule has 1 aromatic heterocycles. The summed E-state index contributed by atoms with van der Waals surface area (Å²) < 4.78 is 10.7. The average molecular weight is 402 g/mol. The molecule has 0 radical (unpaired) electrons. The molecule has 0 aliphatic rings. The molecule has 0 aliphatic heterocycles. The third-order valence-electron chi connectivity index (χ3n) is 4.62. The van der Waals surface area contributed by atoms with Crippen molar-refractivity contribution in [2.45, 2.75) is 60.8 Å². The first-order valence-corrected chi connectivity index (χ1v) is 9.65. The second kappa shape index (κ2) is 7.65. The van der Waals surface area contributed by atoms with E-state index in [2.05, 4.69) is 5.16 Å². The number of carbonyl (C=O) groups excluding carboxylic acids is 2. The van der Waals surface area contributed by atoms with Crippen LogP contribution in [0.25, 0.3) is 11.3 Å². The predicted octanol–water partition coefficient (Wildman–Crippen LogP) is 5.14. The zero-order valence-electron chi connectivity index (χ0n) is 18.5. The molecule has 0 saturated carbocycles. The van der Waals surface area contributed by atoms with Crippen molar-refractivity contribution < 1.29 is 24.0 Å². The number of carbonyl (C=O) groups is 2.